The molecule has 0 radical (unpaired) electrons. The van der Waals surface area contributed by atoms with Gasteiger partial charge in [-0.25, -0.2) is 0 Å². The topological polar surface area (TPSA) is 37.3 Å². The zero-order chi connectivity index (χ0) is 10.2. The fourth-order valence-corrected chi connectivity index (χ4v) is 3.65. The summed E-state index contributed by atoms with van der Waals surface area (Å²) in [4.78, 5) is 11.2. The predicted molar refractivity (Wildman–Crippen MR) is 55.0 cm³/mol. The number of aliphatic carboxylic acids is 1. The highest BCUT2D eigenvalue weighted by atomic mass is 16.4. The van der Waals surface area contributed by atoms with E-state index in [4.69, 9.17) is 0 Å². The van der Waals surface area contributed by atoms with Gasteiger partial charge in [0.1, 0.15) is 0 Å². The third-order valence-corrected chi connectivity index (χ3v) is 4.47. The molecule has 3 atom stereocenters. The zero-order valence-corrected chi connectivity index (χ0v) is 8.96. The van der Waals surface area contributed by atoms with Crippen molar-refractivity contribution < 1.29 is 9.90 Å². The number of hydrogen-bond acceptors (Lipinski definition) is 1. The van der Waals surface area contributed by atoms with Gasteiger partial charge in [-0.1, -0.05) is 26.2 Å². The minimum absolute atomic E-state index is 0.0472. The van der Waals surface area contributed by atoms with Crippen LogP contribution in [0.25, 0.3) is 0 Å². The van der Waals surface area contributed by atoms with Gasteiger partial charge in [-0.2, -0.15) is 0 Å². The Hall–Kier alpha value is -0.530. The van der Waals surface area contributed by atoms with Crippen LogP contribution in [0.1, 0.15) is 51.9 Å². The summed E-state index contributed by atoms with van der Waals surface area (Å²) in [6, 6.07) is 0. The van der Waals surface area contributed by atoms with E-state index in [1.807, 2.05) is 0 Å². The van der Waals surface area contributed by atoms with Crippen LogP contribution in [0.15, 0.2) is 0 Å². The molecular formula is C12H20O2. The van der Waals surface area contributed by atoms with E-state index in [0.29, 0.717) is 11.3 Å². The van der Waals surface area contributed by atoms with Gasteiger partial charge in [0.05, 0.1) is 5.92 Å². The Bertz CT molecular complexity index is 232. The molecule has 2 saturated carbocycles. The fraction of sp³-hybridized carbons (Fsp3) is 0.917. The standard InChI is InChI=1S/C12H20O2/c1-12-7-3-2-6-10(12)9(11(13)14)5-4-8-12/h9-10H,2-8H2,1H3,(H,13,14). The molecule has 0 aromatic carbocycles. The number of carboxylic acids is 1. The Morgan fingerprint density at radius 3 is 2.64 bits per heavy atom. The van der Waals surface area contributed by atoms with Crippen molar-refractivity contribution in [1.29, 1.82) is 0 Å². The summed E-state index contributed by atoms with van der Waals surface area (Å²) in [5.74, 6) is -0.139. The number of carboxylic acid groups (broad SMARTS) is 1. The summed E-state index contributed by atoms with van der Waals surface area (Å²) < 4.78 is 0. The van der Waals surface area contributed by atoms with E-state index in [1.54, 1.807) is 0 Å². The molecule has 0 amide bonds. The van der Waals surface area contributed by atoms with Crippen LogP contribution < -0.4 is 0 Å². The van der Waals surface area contributed by atoms with Gasteiger partial charge in [0.2, 0.25) is 0 Å². The van der Waals surface area contributed by atoms with Gasteiger partial charge in [0.25, 0.3) is 0 Å². The van der Waals surface area contributed by atoms with E-state index < -0.39 is 5.97 Å². The summed E-state index contributed by atoms with van der Waals surface area (Å²) in [6.45, 7) is 2.31. The maximum atomic E-state index is 11.2. The molecule has 2 heteroatoms. The molecule has 2 aliphatic rings. The first-order chi connectivity index (χ1) is 6.63. The second-order valence-electron chi connectivity index (χ2n) is 5.34. The molecule has 2 aliphatic carbocycles. The van der Waals surface area contributed by atoms with Crippen molar-refractivity contribution in [2.75, 3.05) is 0 Å². The van der Waals surface area contributed by atoms with Crippen LogP contribution >= 0.6 is 0 Å². The van der Waals surface area contributed by atoms with Crippen LogP contribution in [0.2, 0.25) is 0 Å². The normalized spacial score (nSPS) is 42.9. The Kier molecular flexibility index (Phi) is 2.54. The van der Waals surface area contributed by atoms with Gasteiger partial charge in [0.15, 0.2) is 0 Å². The first-order valence-electron chi connectivity index (χ1n) is 5.86. The molecule has 80 valence electrons. The fourth-order valence-electron chi connectivity index (χ4n) is 3.65. The van der Waals surface area contributed by atoms with Crippen LogP contribution in [0.4, 0.5) is 0 Å². The molecule has 0 aliphatic heterocycles. The van der Waals surface area contributed by atoms with Crippen molar-refractivity contribution in [3.05, 3.63) is 0 Å². The lowest BCUT2D eigenvalue weighted by Crippen LogP contribution is -2.42. The minimum Gasteiger partial charge on any atom is -0.481 e. The van der Waals surface area contributed by atoms with Gasteiger partial charge in [-0.05, 0) is 37.0 Å². The molecule has 14 heavy (non-hydrogen) atoms. The number of rotatable bonds is 1. The van der Waals surface area contributed by atoms with Crippen LogP contribution in [0.5, 0.6) is 0 Å². The van der Waals surface area contributed by atoms with Crippen molar-refractivity contribution in [2.24, 2.45) is 17.3 Å². The highest BCUT2D eigenvalue weighted by Crippen LogP contribution is 2.52. The van der Waals surface area contributed by atoms with Gasteiger partial charge in [-0.15, -0.1) is 0 Å². The Labute approximate surface area is 85.7 Å². The molecular weight excluding hydrogens is 176 g/mol. The lowest BCUT2D eigenvalue weighted by Gasteiger charge is -2.48. The summed E-state index contributed by atoms with van der Waals surface area (Å²) in [6.07, 6.45) is 8.22. The lowest BCUT2D eigenvalue weighted by molar-refractivity contribution is -0.149. The SMILES string of the molecule is CC12CCCCC1C(C(=O)O)CCC2. The monoisotopic (exact) mass is 196 g/mol. The molecule has 0 heterocycles. The molecule has 3 unspecified atom stereocenters. The van der Waals surface area contributed by atoms with E-state index in [-0.39, 0.29) is 5.92 Å². The minimum atomic E-state index is -0.553. The Balaban J connectivity index is 2.18. The Morgan fingerprint density at radius 1 is 1.21 bits per heavy atom. The first-order valence-corrected chi connectivity index (χ1v) is 5.86. The molecule has 0 aromatic rings. The maximum Gasteiger partial charge on any atom is 0.306 e. The molecule has 1 N–H and O–H groups in total. The molecule has 0 bridgehead atoms. The highest BCUT2D eigenvalue weighted by molar-refractivity contribution is 5.70. The lowest BCUT2D eigenvalue weighted by atomic mass is 9.57. The average Bonchev–Trinajstić information content (AvgIpc) is 2.15. The maximum absolute atomic E-state index is 11.2. The summed E-state index contributed by atoms with van der Waals surface area (Å²) in [7, 11) is 0. The van der Waals surface area contributed by atoms with E-state index in [2.05, 4.69) is 6.92 Å². The van der Waals surface area contributed by atoms with Gasteiger partial charge >= 0.3 is 5.97 Å². The van der Waals surface area contributed by atoms with E-state index in [0.717, 1.165) is 19.3 Å². The molecule has 2 rings (SSSR count). The largest absolute Gasteiger partial charge is 0.481 e. The highest BCUT2D eigenvalue weighted by Gasteiger charge is 2.45. The van der Waals surface area contributed by atoms with Crippen LogP contribution in [-0.2, 0) is 4.79 Å². The van der Waals surface area contributed by atoms with Crippen molar-refractivity contribution in [3.63, 3.8) is 0 Å². The number of hydrogen-bond donors (Lipinski definition) is 1. The predicted octanol–water partition coefficient (Wildman–Crippen LogP) is 3.07. The quantitative estimate of drug-likeness (QED) is 0.699. The number of fused-ring (bicyclic) bond motifs is 1. The number of carbonyl (C=O) groups is 1. The summed E-state index contributed by atoms with van der Waals surface area (Å²) >= 11 is 0. The molecule has 0 saturated heterocycles. The van der Waals surface area contributed by atoms with Gasteiger partial charge < -0.3 is 5.11 Å². The van der Waals surface area contributed by atoms with Crippen molar-refractivity contribution in [3.8, 4) is 0 Å². The van der Waals surface area contributed by atoms with Crippen LogP contribution in [0, 0.1) is 17.3 Å². The third kappa shape index (κ3) is 1.55. The summed E-state index contributed by atoms with van der Waals surface area (Å²) in [5, 5.41) is 9.19. The van der Waals surface area contributed by atoms with E-state index >= 15 is 0 Å². The molecule has 2 nitrogen and oxygen atoms in total. The Morgan fingerprint density at radius 2 is 1.93 bits per heavy atom. The van der Waals surface area contributed by atoms with E-state index in [9.17, 15) is 9.90 Å². The second kappa shape index (κ2) is 3.56. The van der Waals surface area contributed by atoms with Gasteiger partial charge in [0, 0.05) is 0 Å². The molecule has 2 fully saturated rings. The van der Waals surface area contributed by atoms with E-state index in [1.165, 1.54) is 25.7 Å². The third-order valence-electron chi connectivity index (χ3n) is 4.47. The van der Waals surface area contributed by atoms with Crippen LogP contribution in [-0.4, -0.2) is 11.1 Å². The average molecular weight is 196 g/mol. The van der Waals surface area contributed by atoms with Gasteiger partial charge in [-0.3, -0.25) is 4.79 Å². The molecule has 0 spiro atoms. The van der Waals surface area contributed by atoms with Crippen molar-refractivity contribution in [2.45, 2.75) is 51.9 Å². The second-order valence-corrected chi connectivity index (χ2v) is 5.34. The van der Waals surface area contributed by atoms with Crippen LogP contribution in [0.3, 0.4) is 0 Å². The smallest absolute Gasteiger partial charge is 0.306 e. The summed E-state index contributed by atoms with van der Waals surface area (Å²) in [5.41, 5.74) is 0.347. The first kappa shape index (κ1) is 10.0. The van der Waals surface area contributed by atoms with Crippen molar-refractivity contribution >= 4 is 5.97 Å². The van der Waals surface area contributed by atoms with Crippen molar-refractivity contribution in [1.82, 2.24) is 0 Å². The zero-order valence-electron chi connectivity index (χ0n) is 8.96. The molecule has 0 aromatic heterocycles.